The predicted molar refractivity (Wildman–Crippen MR) is 94.3 cm³/mol. The van der Waals surface area contributed by atoms with Crippen molar-refractivity contribution in [1.29, 1.82) is 0 Å². The van der Waals surface area contributed by atoms with Crippen LogP contribution < -0.4 is 10.1 Å². The molecule has 2 rings (SSSR count). The molecule has 2 aromatic carbocycles. The number of hydrogen-bond donors (Lipinski definition) is 1. The van der Waals surface area contributed by atoms with Crippen LogP contribution in [0.4, 0.5) is 0 Å². The van der Waals surface area contributed by atoms with Gasteiger partial charge in [-0.3, -0.25) is 4.79 Å². The first-order valence-corrected chi connectivity index (χ1v) is 8.08. The van der Waals surface area contributed by atoms with Crippen LogP contribution in [0.3, 0.4) is 0 Å². The quantitative estimate of drug-likeness (QED) is 0.848. The third-order valence-corrected chi connectivity index (χ3v) is 4.32. The molecular weight excluding hydrogens is 333 g/mol. The molecule has 0 aliphatic carbocycles. The lowest BCUT2D eigenvalue weighted by molar-refractivity contribution is -0.127. The third-order valence-electron chi connectivity index (χ3n) is 3.47. The molecule has 1 atom stereocenters. The molecule has 0 saturated carbocycles. The summed E-state index contributed by atoms with van der Waals surface area (Å²) < 4.78 is 5.71. The molecule has 0 radical (unpaired) electrons. The van der Waals surface area contributed by atoms with Crippen LogP contribution in [-0.4, -0.2) is 12.0 Å². The van der Waals surface area contributed by atoms with Gasteiger partial charge >= 0.3 is 0 Å². The Bertz CT molecular complexity index is 676. The van der Waals surface area contributed by atoms with Gasteiger partial charge in [-0.15, -0.1) is 0 Å². The van der Waals surface area contributed by atoms with E-state index in [1.807, 2.05) is 38.1 Å². The summed E-state index contributed by atoms with van der Waals surface area (Å²) in [5.74, 6) is 0.462. The lowest BCUT2D eigenvalue weighted by Crippen LogP contribution is -2.35. The van der Waals surface area contributed by atoms with Crippen molar-refractivity contribution in [1.82, 2.24) is 5.32 Å². The smallest absolute Gasteiger partial charge is 0.261 e. The van der Waals surface area contributed by atoms with E-state index < -0.39 is 6.10 Å². The molecule has 0 fully saturated rings. The van der Waals surface area contributed by atoms with Gasteiger partial charge in [-0.25, -0.2) is 0 Å². The zero-order chi connectivity index (χ0) is 17.0. The normalized spacial score (nSPS) is 11.9. The summed E-state index contributed by atoms with van der Waals surface area (Å²) in [6.07, 6.45) is -0.595. The van der Waals surface area contributed by atoms with Gasteiger partial charge < -0.3 is 10.1 Å². The van der Waals surface area contributed by atoms with Crippen LogP contribution in [0.5, 0.6) is 5.75 Å². The monoisotopic (exact) mass is 351 g/mol. The minimum absolute atomic E-state index is 0.176. The molecule has 0 bridgehead atoms. The molecule has 3 nitrogen and oxygen atoms in total. The average Bonchev–Trinajstić information content (AvgIpc) is 2.51. The van der Waals surface area contributed by atoms with Gasteiger partial charge in [-0.1, -0.05) is 35.3 Å². The van der Waals surface area contributed by atoms with Crippen LogP contribution in [0.1, 0.15) is 23.6 Å². The molecule has 0 spiro atoms. The number of aryl methyl sites for hydroxylation is 2. The maximum atomic E-state index is 12.1. The molecule has 0 heterocycles. The molecule has 2 aromatic rings. The molecule has 0 aliphatic rings. The van der Waals surface area contributed by atoms with Crippen LogP contribution in [0, 0.1) is 13.8 Å². The predicted octanol–water partition coefficient (Wildman–Crippen LogP) is 4.69. The van der Waals surface area contributed by atoms with Crippen LogP contribution in [0.15, 0.2) is 36.4 Å². The van der Waals surface area contributed by atoms with E-state index in [0.29, 0.717) is 17.3 Å². The maximum Gasteiger partial charge on any atom is 0.261 e. The van der Waals surface area contributed by atoms with Crippen LogP contribution in [0.25, 0.3) is 0 Å². The summed E-state index contributed by atoms with van der Waals surface area (Å²) in [7, 11) is 0. The van der Waals surface area contributed by atoms with Crippen LogP contribution in [-0.2, 0) is 11.3 Å². The van der Waals surface area contributed by atoms with E-state index in [2.05, 4.69) is 5.32 Å². The Labute approximate surface area is 146 Å². The van der Waals surface area contributed by atoms with E-state index >= 15 is 0 Å². The van der Waals surface area contributed by atoms with Gasteiger partial charge in [0.15, 0.2) is 6.10 Å². The van der Waals surface area contributed by atoms with Gasteiger partial charge in [-0.05, 0) is 61.7 Å². The van der Waals surface area contributed by atoms with Gasteiger partial charge in [0.25, 0.3) is 5.91 Å². The second kappa shape index (κ2) is 7.71. The second-order valence-electron chi connectivity index (χ2n) is 5.48. The standard InChI is InChI=1S/C18H19Cl2NO2/c1-11-8-16(9-12(2)17(11)20)23-13(3)18(22)21-10-14-4-6-15(19)7-5-14/h4-9,13H,10H2,1-3H3,(H,21,22)/t13-/m0/s1. The van der Waals surface area contributed by atoms with Gasteiger partial charge in [0.05, 0.1) is 0 Å². The first-order valence-electron chi connectivity index (χ1n) is 7.32. The lowest BCUT2D eigenvalue weighted by atomic mass is 10.1. The largest absolute Gasteiger partial charge is 0.481 e. The Morgan fingerprint density at radius 3 is 2.26 bits per heavy atom. The molecule has 122 valence electrons. The van der Waals surface area contributed by atoms with Crippen molar-refractivity contribution >= 4 is 29.1 Å². The fourth-order valence-electron chi connectivity index (χ4n) is 2.17. The zero-order valence-electron chi connectivity index (χ0n) is 13.3. The van der Waals surface area contributed by atoms with Crippen molar-refractivity contribution in [2.24, 2.45) is 0 Å². The number of benzene rings is 2. The summed E-state index contributed by atoms with van der Waals surface area (Å²) in [6.45, 7) is 5.97. The topological polar surface area (TPSA) is 38.3 Å². The summed E-state index contributed by atoms with van der Waals surface area (Å²) in [6, 6.07) is 11.0. The van der Waals surface area contributed by atoms with E-state index in [4.69, 9.17) is 27.9 Å². The Balaban J connectivity index is 1.93. The number of carbonyl (C=O) groups excluding carboxylic acids is 1. The summed E-state index contributed by atoms with van der Waals surface area (Å²) >= 11 is 12.0. The summed E-state index contributed by atoms with van der Waals surface area (Å²) in [5, 5.41) is 4.24. The van der Waals surface area contributed by atoms with Crippen molar-refractivity contribution in [3.05, 3.63) is 63.1 Å². The number of amides is 1. The molecular formula is C18H19Cl2NO2. The number of ether oxygens (including phenoxy) is 1. The van der Waals surface area contributed by atoms with E-state index in [9.17, 15) is 4.79 Å². The van der Waals surface area contributed by atoms with E-state index in [-0.39, 0.29) is 5.91 Å². The molecule has 0 aliphatic heterocycles. The van der Waals surface area contributed by atoms with Gasteiger partial charge in [0, 0.05) is 16.6 Å². The Hall–Kier alpha value is -1.71. The van der Waals surface area contributed by atoms with Crippen LogP contribution >= 0.6 is 23.2 Å². The third kappa shape index (κ3) is 4.88. The Morgan fingerprint density at radius 1 is 1.13 bits per heavy atom. The number of rotatable bonds is 5. The molecule has 0 saturated heterocycles. The average molecular weight is 352 g/mol. The maximum absolute atomic E-state index is 12.1. The van der Waals surface area contributed by atoms with Crippen molar-refractivity contribution in [2.75, 3.05) is 0 Å². The highest BCUT2D eigenvalue weighted by molar-refractivity contribution is 6.32. The molecule has 23 heavy (non-hydrogen) atoms. The highest BCUT2D eigenvalue weighted by atomic mass is 35.5. The number of halogens is 2. The van der Waals surface area contributed by atoms with Gasteiger partial charge in [-0.2, -0.15) is 0 Å². The molecule has 0 aromatic heterocycles. The van der Waals surface area contributed by atoms with Crippen molar-refractivity contribution in [3.8, 4) is 5.75 Å². The van der Waals surface area contributed by atoms with Crippen molar-refractivity contribution in [3.63, 3.8) is 0 Å². The zero-order valence-corrected chi connectivity index (χ0v) is 14.8. The first-order chi connectivity index (χ1) is 10.9. The molecule has 0 unspecified atom stereocenters. The first kappa shape index (κ1) is 17.6. The summed E-state index contributed by atoms with van der Waals surface area (Å²) in [4.78, 5) is 12.1. The van der Waals surface area contributed by atoms with Crippen molar-refractivity contribution in [2.45, 2.75) is 33.4 Å². The van der Waals surface area contributed by atoms with Crippen LogP contribution in [0.2, 0.25) is 10.0 Å². The van der Waals surface area contributed by atoms with Gasteiger partial charge in [0.2, 0.25) is 0 Å². The number of carbonyl (C=O) groups is 1. The fourth-order valence-corrected chi connectivity index (χ4v) is 2.40. The summed E-state index contributed by atoms with van der Waals surface area (Å²) in [5.41, 5.74) is 2.83. The molecule has 5 heteroatoms. The Morgan fingerprint density at radius 2 is 1.70 bits per heavy atom. The highest BCUT2D eigenvalue weighted by Crippen LogP contribution is 2.26. The SMILES string of the molecule is Cc1cc(O[C@@H](C)C(=O)NCc2ccc(Cl)cc2)cc(C)c1Cl. The Kier molecular flexibility index (Phi) is 5.91. The minimum Gasteiger partial charge on any atom is -0.481 e. The van der Waals surface area contributed by atoms with Crippen molar-refractivity contribution < 1.29 is 9.53 Å². The highest BCUT2D eigenvalue weighted by Gasteiger charge is 2.15. The minimum atomic E-state index is -0.595. The van der Waals surface area contributed by atoms with E-state index in [1.165, 1.54) is 0 Å². The molecule has 1 N–H and O–H groups in total. The fraction of sp³-hybridized carbons (Fsp3) is 0.278. The van der Waals surface area contributed by atoms with E-state index in [1.54, 1.807) is 19.1 Å². The van der Waals surface area contributed by atoms with Gasteiger partial charge in [0.1, 0.15) is 5.75 Å². The van der Waals surface area contributed by atoms with E-state index in [0.717, 1.165) is 21.7 Å². The lowest BCUT2D eigenvalue weighted by Gasteiger charge is -2.16. The molecule has 1 amide bonds. The number of nitrogens with one attached hydrogen (secondary N) is 1. The number of hydrogen-bond acceptors (Lipinski definition) is 2. The second-order valence-corrected chi connectivity index (χ2v) is 6.29.